The quantitative estimate of drug-likeness (QED) is 0.720. The van der Waals surface area contributed by atoms with Crippen LogP contribution in [0.2, 0.25) is 5.02 Å². The largest absolute Gasteiger partial charge is 0.326 e. The predicted molar refractivity (Wildman–Crippen MR) is 82.3 cm³/mol. The Hall–Kier alpha value is -1.83. The summed E-state index contributed by atoms with van der Waals surface area (Å²) >= 11 is 6.26. The summed E-state index contributed by atoms with van der Waals surface area (Å²) in [5.41, 5.74) is 9.21. The number of rotatable bonds is 2. The average Bonchev–Trinajstić information content (AvgIpc) is 2.48. The third-order valence-electron chi connectivity index (χ3n) is 3.34. The molecule has 0 saturated carbocycles. The zero-order valence-electron chi connectivity index (χ0n) is 10.4. The van der Waals surface area contributed by atoms with Crippen LogP contribution in [0.5, 0.6) is 0 Å². The van der Waals surface area contributed by atoms with Gasteiger partial charge >= 0.3 is 0 Å². The van der Waals surface area contributed by atoms with Gasteiger partial charge < -0.3 is 5.73 Å². The van der Waals surface area contributed by atoms with Crippen LogP contribution in [0.25, 0.3) is 21.9 Å². The lowest BCUT2D eigenvalue weighted by molar-refractivity contribution is 1.07. The maximum Gasteiger partial charge on any atom is 0.0484 e. The van der Waals surface area contributed by atoms with Gasteiger partial charge in [0.2, 0.25) is 0 Å². The van der Waals surface area contributed by atoms with Crippen molar-refractivity contribution in [2.24, 2.45) is 5.73 Å². The van der Waals surface area contributed by atoms with E-state index in [1.807, 2.05) is 36.4 Å². The Morgan fingerprint density at radius 3 is 2.42 bits per heavy atom. The molecule has 0 atom stereocenters. The van der Waals surface area contributed by atoms with Crippen molar-refractivity contribution in [2.45, 2.75) is 6.54 Å². The molecule has 3 rings (SSSR count). The number of hydrogen-bond donors (Lipinski definition) is 1. The smallest absolute Gasteiger partial charge is 0.0484 e. The van der Waals surface area contributed by atoms with Crippen LogP contribution < -0.4 is 5.73 Å². The number of benzene rings is 3. The van der Waals surface area contributed by atoms with Gasteiger partial charge in [-0.2, -0.15) is 0 Å². The fraction of sp³-hybridized carbons (Fsp3) is 0.0588. The second-order valence-electron chi connectivity index (χ2n) is 4.55. The van der Waals surface area contributed by atoms with Crippen LogP contribution in [0, 0.1) is 0 Å². The minimum atomic E-state index is 0.555. The molecular formula is C17H14ClN. The van der Waals surface area contributed by atoms with Crippen molar-refractivity contribution in [3.05, 3.63) is 71.2 Å². The molecule has 0 unspecified atom stereocenters. The maximum atomic E-state index is 6.26. The van der Waals surface area contributed by atoms with Gasteiger partial charge in [0.15, 0.2) is 0 Å². The lowest BCUT2D eigenvalue weighted by atomic mass is 9.97. The Labute approximate surface area is 117 Å². The Bertz CT molecular complexity index is 734. The van der Waals surface area contributed by atoms with Crippen molar-refractivity contribution >= 4 is 22.4 Å². The van der Waals surface area contributed by atoms with E-state index in [0.717, 1.165) is 16.0 Å². The summed E-state index contributed by atoms with van der Waals surface area (Å²) in [5.74, 6) is 0. The summed E-state index contributed by atoms with van der Waals surface area (Å²) in [6, 6.07) is 20.5. The lowest BCUT2D eigenvalue weighted by Crippen LogP contribution is -1.95. The van der Waals surface area contributed by atoms with Crippen molar-refractivity contribution in [2.75, 3.05) is 0 Å². The molecule has 0 fully saturated rings. The van der Waals surface area contributed by atoms with Crippen molar-refractivity contribution in [1.29, 1.82) is 0 Å². The van der Waals surface area contributed by atoms with Gasteiger partial charge in [-0.25, -0.2) is 0 Å². The molecule has 94 valence electrons. The van der Waals surface area contributed by atoms with Gasteiger partial charge in [-0.1, -0.05) is 60.1 Å². The summed E-state index contributed by atoms with van der Waals surface area (Å²) < 4.78 is 0. The van der Waals surface area contributed by atoms with Crippen LogP contribution in [0.15, 0.2) is 60.7 Å². The third kappa shape index (κ3) is 2.23. The molecule has 3 aromatic rings. The van der Waals surface area contributed by atoms with Gasteiger partial charge in [0.25, 0.3) is 0 Å². The lowest BCUT2D eigenvalue weighted by Gasteiger charge is -2.09. The van der Waals surface area contributed by atoms with Crippen LogP contribution >= 0.6 is 11.6 Å². The summed E-state index contributed by atoms with van der Waals surface area (Å²) in [5, 5.41) is 3.04. The van der Waals surface area contributed by atoms with Crippen molar-refractivity contribution in [3.8, 4) is 11.1 Å². The topological polar surface area (TPSA) is 26.0 Å². The highest BCUT2D eigenvalue weighted by Gasteiger charge is 2.06. The minimum Gasteiger partial charge on any atom is -0.326 e. The molecule has 1 nitrogen and oxygen atoms in total. The van der Waals surface area contributed by atoms with Gasteiger partial charge in [-0.3, -0.25) is 0 Å². The van der Waals surface area contributed by atoms with E-state index in [2.05, 4.69) is 24.3 Å². The highest BCUT2D eigenvalue weighted by Crippen LogP contribution is 2.33. The molecule has 0 spiro atoms. The number of nitrogens with two attached hydrogens (primary N) is 1. The molecule has 0 saturated heterocycles. The van der Waals surface area contributed by atoms with Crippen molar-refractivity contribution in [1.82, 2.24) is 0 Å². The highest BCUT2D eigenvalue weighted by atomic mass is 35.5. The Morgan fingerprint density at radius 2 is 1.63 bits per heavy atom. The molecular weight excluding hydrogens is 254 g/mol. The average molecular weight is 268 g/mol. The Kier molecular flexibility index (Phi) is 3.24. The van der Waals surface area contributed by atoms with E-state index in [0.29, 0.717) is 6.54 Å². The minimum absolute atomic E-state index is 0.555. The van der Waals surface area contributed by atoms with E-state index in [9.17, 15) is 0 Å². The zero-order chi connectivity index (χ0) is 13.2. The predicted octanol–water partition coefficient (Wildman–Crippen LogP) is 4.62. The summed E-state index contributed by atoms with van der Waals surface area (Å²) in [4.78, 5) is 0. The SMILES string of the molecule is NCc1cccc(-c2ccc(Cl)c3ccccc23)c1. The molecule has 2 heteroatoms. The molecule has 0 aromatic heterocycles. The first-order valence-corrected chi connectivity index (χ1v) is 6.64. The molecule has 0 bridgehead atoms. The van der Waals surface area contributed by atoms with Crippen LogP contribution in [-0.2, 0) is 6.54 Å². The van der Waals surface area contributed by atoms with E-state index in [1.54, 1.807) is 0 Å². The van der Waals surface area contributed by atoms with E-state index >= 15 is 0 Å². The summed E-state index contributed by atoms with van der Waals surface area (Å²) in [6.45, 7) is 0.555. The third-order valence-corrected chi connectivity index (χ3v) is 3.67. The fourth-order valence-corrected chi connectivity index (χ4v) is 2.61. The molecule has 3 aromatic carbocycles. The van der Waals surface area contributed by atoms with Crippen LogP contribution in [0.1, 0.15) is 5.56 Å². The fourth-order valence-electron chi connectivity index (χ4n) is 2.38. The first kappa shape index (κ1) is 12.2. The van der Waals surface area contributed by atoms with Crippen molar-refractivity contribution < 1.29 is 0 Å². The number of hydrogen-bond acceptors (Lipinski definition) is 1. The normalized spacial score (nSPS) is 10.8. The first-order chi connectivity index (χ1) is 9.29. The molecule has 0 aliphatic carbocycles. The summed E-state index contributed by atoms with van der Waals surface area (Å²) in [6.07, 6.45) is 0. The Morgan fingerprint density at radius 1 is 0.842 bits per heavy atom. The standard InChI is InChI=1S/C17H14ClN/c18-17-9-8-14(15-6-1-2-7-16(15)17)13-5-3-4-12(10-13)11-19/h1-10H,11,19H2. The van der Waals surface area contributed by atoms with Gasteiger partial charge in [-0.05, 0) is 34.2 Å². The van der Waals surface area contributed by atoms with Crippen molar-refractivity contribution in [3.63, 3.8) is 0 Å². The summed E-state index contributed by atoms with van der Waals surface area (Å²) in [7, 11) is 0. The monoisotopic (exact) mass is 267 g/mol. The van der Waals surface area contributed by atoms with Gasteiger partial charge in [0.05, 0.1) is 0 Å². The molecule has 0 aliphatic heterocycles. The van der Waals surface area contributed by atoms with Crippen LogP contribution in [0.3, 0.4) is 0 Å². The molecule has 19 heavy (non-hydrogen) atoms. The van der Waals surface area contributed by atoms with Crippen LogP contribution in [0.4, 0.5) is 0 Å². The number of halogens is 1. The molecule has 0 heterocycles. The van der Waals surface area contributed by atoms with E-state index in [-0.39, 0.29) is 0 Å². The molecule has 0 radical (unpaired) electrons. The molecule has 0 aliphatic rings. The molecule has 2 N–H and O–H groups in total. The van der Waals surface area contributed by atoms with E-state index in [4.69, 9.17) is 17.3 Å². The van der Waals surface area contributed by atoms with Crippen LogP contribution in [-0.4, -0.2) is 0 Å². The molecule has 0 amide bonds. The second-order valence-corrected chi connectivity index (χ2v) is 4.95. The maximum absolute atomic E-state index is 6.26. The highest BCUT2D eigenvalue weighted by molar-refractivity contribution is 6.36. The van der Waals surface area contributed by atoms with Gasteiger partial charge in [-0.15, -0.1) is 0 Å². The number of fused-ring (bicyclic) bond motifs is 1. The second kappa shape index (κ2) is 5.04. The van der Waals surface area contributed by atoms with Gasteiger partial charge in [0, 0.05) is 17.0 Å². The first-order valence-electron chi connectivity index (χ1n) is 6.26. The van der Waals surface area contributed by atoms with E-state index < -0.39 is 0 Å². The van der Waals surface area contributed by atoms with E-state index in [1.165, 1.54) is 16.5 Å². The van der Waals surface area contributed by atoms with Gasteiger partial charge in [0.1, 0.15) is 0 Å². The zero-order valence-corrected chi connectivity index (χ0v) is 11.2. The Balaban J connectivity index is 2.28.